The topological polar surface area (TPSA) is 145 Å². The Labute approximate surface area is 259 Å². The van der Waals surface area contributed by atoms with E-state index in [9.17, 15) is 22.0 Å². The molecule has 1 atom stereocenters. The summed E-state index contributed by atoms with van der Waals surface area (Å²) in [7, 11) is -2.68. The van der Waals surface area contributed by atoms with Gasteiger partial charge in [-0.2, -0.15) is 9.40 Å². The zero-order valence-electron chi connectivity index (χ0n) is 23.0. The summed E-state index contributed by atoms with van der Waals surface area (Å²) in [6.45, 7) is 0.447. The summed E-state index contributed by atoms with van der Waals surface area (Å²) in [5, 5.41) is 9.08. The second kappa shape index (κ2) is 12.2. The number of nitrogens with zero attached hydrogens (tertiary/aromatic N) is 6. The molecule has 17 heteroatoms. The molecule has 0 bridgehead atoms. The normalized spacial score (nSPS) is 18.3. The predicted molar refractivity (Wildman–Crippen MR) is 154 cm³/mol. The largest absolute Gasteiger partial charge is 0.466 e. The van der Waals surface area contributed by atoms with Gasteiger partial charge in [0.1, 0.15) is 23.7 Å². The van der Waals surface area contributed by atoms with E-state index in [0.717, 1.165) is 6.07 Å². The molecule has 0 unspecified atom stereocenters. The summed E-state index contributed by atoms with van der Waals surface area (Å²) in [6, 6.07) is 1.05. The van der Waals surface area contributed by atoms with Crippen LogP contribution in [0.2, 0.25) is 5.02 Å². The van der Waals surface area contributed by atoms with Crippen molar-refractivity contribution in [1.82, 2.24) is 29.4 Å². The van der Waals surface area contributed by atoms with Crippen LogP contribution in [0.1, 0.15) is 35.3 Å². The van der Waals surface area contributed by atoms with Crippen LogP contribution in [0.3, 0.4) is 0 Å². The molecule has 230 valence electrons. The number of halogens is 3. The highest BCUT2D eigenvalue weighted by Crippen LogP contribution is 2.41. The van der Waals surface area contributed by atoms with Crippen molar-refractivity contribution in [3.8, 4) is 0 Å². The summed E-state index contributed by atoms with van der Waals surface area (Å²) in [5.41, 5.74) is 0.564. The first-order chi connectivity index (χ1) is 21.2. The minimum atomic E-state index is -3.88. The lowest BCUT2D eigenvalue weighted by Crippen LogP contribution is -2.43. The smallest absolute Gasteiger partial charge is 0.338 e. The number of amidine groups is 1. The summed E-state index contributed by atoms with van der Waals surface area (Å²) >= 11 is 7.53. The number of aliphatic imine (C=N–C) groups is 1. The average Bonchev–Trinajstić information content (AvgIpc) is 3.84. The lowest BCUT2D eigenvalue weighted by atomic mass is 9.86. The second-order valence-corrected chi connectivity index (χ2v) is 13.1. The van der Waals surface area contributed by atoms with Crippen molar-refractivity contribution < 1.29 is 31.1 Å². The van der Waals surface area contributed by atoms with Gasteiger partial charge in [0.15, 0.2) is 22.5 Å². The molecule has 2 aliphatic rings. The van der Waals surface area contributed by atoms with Gasteiger partial charge < -0.3 is 14.5 Å². The third-order valence-electron chi connectivity index (χ3n) is 7.36. The Morgan fingerprint density at radius 3 is 2.70 bits per heavy atom. The fourth-order valence-electron chi connectivity index (χ4n) is 5.22. The van der Waals surface area contributed by atoms with Crippen molar-refractivity contribution >= 4 is 44.8 Å². The van der Waals surface area contributed by atoms with Crippen LogP contribution < -0.4 is 5.32 Å². The number of aromatic nitrogens is 4. The standard InChI is InChI=1S/C27H24ClF2N7O5S2/c1-41-27(38)20-23(34-25(26-32-7-11-43-26)35-24(20)17-2-3-18(29)22(30)21(17)28)15-4-8-37(9-5-15)44(39,40)16-12-33-36(13-16)14-19-31-6-10-42-19/h2-3,6-7,10-13,15,24H,4-5,8-9,14H2,1H3,(H,34,35)/t24-/m1/s1. The van der Waals surface area contributed by atoms with Crippen LogP contribution in [0.5, 0.6) is 0 Å². The fraction of sp³-hybridized carbons (Fsp3) is 0.296. The fourth-order valence-corrected chi connectivity index (χ4v) is 7.48. The number of thiazole rings is 1. The minimum absolute atomic E-state index is 0.0268. The number of hydrogen-bond acceptors (Lipinski definition) is 11. The van der Waals surface area contributed by atoms with E-state index < -0.39 is 38.7 Å². The summed E-state index contributed by atoms with van der Waals surface area (Å²) in [4.78, 5) is 26.2. The molecule has 12 nitrogen and oxygen atoms in total. The summed E-state index contributed by atoms with van der Waals surface area (Å²) in [5.74, 6) is -2.80. The van der Waals surface area contributed by atoms with Crippen LogP contribution >= 0.6 is 22.9 Å². The third-order valence-corrected chi connectivity index (χ3v) is 10.4. The van der Waals surface area contributed by atoms with E-state index in [2.05, 4.69) is 25.4 Å². The Bertz CT molecular complexity index is 1850. The quantitative estimate of drug-likeness (QED) is 0.219. The molecule has 1 fully saturated rings. The number of hydrogen-bond donors (Lipinski definition) is 1. The van der Waals surface area contributed by atoms with Gasteiger partial charge in [-0.15, -0.1) is 11.3 Å². The highest BCUT2D eigenvalue weighted by Gasteiger charge is 2.39. The van der Waals surface area contributed by atoms with E-state index >= 15 is 0 Å². The molecule has 0 saturated carbocycles. The van der Waals surface area contributed by atoms with E-state index in [1.807, 2.05) is 0 Å². The molecule has 0 amide bonds. The van der Waals surface area contributed by atoms with Crippen molar-refractivity contribution in [2.24, 2.45) is 10.9 Å². The molecule has 2 aliphatic heterocycles. The van der Waals surface area contributed by atoms with Crippen molar-refractivity contribution in [3.63, 3.8) is 0 Å². The number of rotatable bonds is 8. The molecular formula is C27H24ClF2N7O5S2. The number of nitrogens with one attached hydrogen (secondary N) is 1. The highest BCUT2D eigenvalue weighted by molar-refractivity contribution is 7.89. The van der Waals surface area contributed by atoms with Crippen molar-refractivity contribution in [2.75, 3.05) is 20.2 Å². The lowest BCUT2D eigenvalue weighted by Gasteiger charge is -2.36. The Hall–Kier alpha value is -3.99. The molecule has 0 aliphatic carbocycles. The Kier molecular flexibility index (Phi) is 8.32. The summed E-state index contributed by atoms with van der Waals surface area (Å²) < 4.78 is 68.6. The lowest BCUT2D eigenvalue weighted by molar-refractivity contribution is -0.136. The van der Waals surface area contributed by atoms with Crippen molar-refractivity contribution in [3.05, 3.63) is 93.0 Å². The number of esters is 1. The Balaban J connectivity index is 1.30. The second-order valence-electron chi connectivity index (χ2n) is 9.90. The van der Waals surface area contributed by atoms with Gasteiger partial charge in [0, 0.05) is 48.0 Å². The van der Waals surface area contributed by atoms with Gasteiger partial charge in [-0.05, 0) is 18.9 Å². The molecule has 3 aromatic heterocycles. The van der Waals surface area contributed by atoms with Gasteiger partial charge >= 0.3 is 5.97 Å². The SMILES string of the molecule is COC(=O)C1=C(C2CCN(S(=O)(=O)c3cnn(Cc4ncco4)c3)CC2)NC(c2nccs2)=N[C@@H]1c1ccc(F)c(F)c1Cl. The number of methoxy groups -OCH3 is 1. The number of ether oxygens (including phenoxy) is 1. The zero-order chi connectivity index (χ0) is 31.0. The van der Waals surface area contributed by atoms with Crippen LogP contribution in [0.25, 0.3) is 0 Å². The molecule has 1 saturated heterocycles. The predicted octanol–water partition coefficient (Wildman–Crippen LogP) is 3.93. The average molecular weight is 664 g/mol. The third kappa shape index (κ3) is 5.65. The van der Waals surface area contributed by atoms with Gasteiger partial charge in [-0.1, -0.05) is 17.7 Å². The number of carbonyl (C=O) groups is 1. The Morgan fingerprint density at radius 2 is 2.02 bits per heavy atom. The zero-order valence-corrected chi connectivity index (χ0v) is 25.4. The van der Waals surface area contributed by atoms with Crippen molar-refractivity contribution in [1.29, 1.82) is 0 Å². The molecule has 4 aromatic rings. The first-order valence-electron chi connectivity index (χ1n) is 13.3. The van der Waals surface area contributed by atoms with Crippen LogP contribution in [-0.4, -0.2) is 64.5 Å². The molecular weight excluding hydrogens is 640 g/mol. The number of allylic oxidation sites excluding steroid dienone is 1. The number of oxazole rings is 1. The molecule has 0 spiro atoms. The maximum Gasteiger partial charge on any atom is 0.338 e. The van der Waals surface area contributed by atoms with Crippen LogP contribution in [0.4, 0.5) is 8.78 Å². The number of carbonyl (C=O) groups excluding carboxylic acids is 1. The van der Waals surface area contributed by atoms with E-state index in [1.165, 1.54) is 58.4 Å². The highest BCUT2D eigenvalue weighted by atomic mass is 35.5. The van der Waals surface area contributed by atoms with Gasteiger partial charge in [-0.3, -0.25) is 9.67 Å². The van der Waals surface area contributed by atoms with Crippen LogP contribution in [-0.2, 0) is 26.1 Å². The maximum atomic E-state index is 14.6. The monoisotopic (exact) mass is 663 g/mol. The molecule has 5 heterocycles. The first-order valence-corrected chi connectivity index (χ1v) is 16.0. The molecule has 1 N–H and O–H groups in total. The van der Waals surface area contributed by atoms with Gasteiger partial charge in [-0.25, -0.2) is 32.0 Å². The van der Waals surface area contributed by atoms with Gasteiger partial charge in [0.2, 0.25) is 15.9 Å². The number of sulfonamides is 1. The van der Waals surface area contributed by atoms with Gasteiger partial charge in [0.05, 0.1) is 30.1 Å². The van der Waals surface area contributed by atoms with E-state index in [-0.39, 0.29) is 41.6 Å². The van der Waals surface area contributed by atoms with Gasteiger partial charge in [0.25, 0.3) is 0 Å². The molecule has 6 rings (SSSR count). The van der Waals surface area contributed by atoms with Crippen LogP contribution in [0, 0.1) is 17.6 Å². The first kappa shape index (κ1) is 30.1. The maximum absolute atomic E-state index is 14.6. The van der Waals surface area contributed by atoms with E-state index in [4.69, 9.17) is 20.8 Å². The summed E-state index contributed by atoms with van der Waals surface area (Å²) in [6.07, 6.45) is 7.84. The van der Waals surface area contributed by atoms with Crippen LogP contribution in [0.15, 0.2) is 74.1 Å². The Morgan fingerprint density at radius 1 is 1.23 bits per heavy atom. The number of piperidine rings is 1. The van der Waals surface area contributed by atoms with E-state index in [1.54, 1.807) is 11.6 Å². The molecule has 1 aromatic carbocycles. The minimum Gasteiger partial charge on any atom is -0.466 e. The molecule has 44 heavy (non-hydrogen) atoms. The molecule has 0 radical (unpaired) electrons. The number of benzene rings is 1. The van der Waals surface area contributed by atoms with Crippen molar-refractivity contribution in [2.45, 2.75) is 30.3 Å². The van der Waals surface area contributed by atoms with E-state index in [0.29, 0.717) is 35.3 Å².